The average molecular weight is 769 g/mol. The van der Waals surface area contributed by atoms with Crippen molar-refractivity contribution in [1.82, 2.24) is 0 Å². The summed E-state index contributed by atoms with van der Waals surface area (Å²) >= 11 is 0. The number of nitrogens with zero attached hydrogens (tertiary/aromatic N) is 1. The van der Waals surface area contributed by atoms with Gasteiger partial charge in [0.25, 0.3) is 0 Å². The zero-order valence-electron chi connectivity index (χ0n) is 35.3. The third-order valence-corrected chi connectivity index (χ3v) is 8.79. The van der Waals surface area contributed by atoms with Crippen LogP contribution in [0.1, 0.15) is 142 Å². The SMILES string of the molecule is CC/C=C/C/C=C/C/C=C/C/C=C/C/C=C/C/C=C/CCCCCCC(=O)OCC(COCCC(C(=O)O)[N+](C)(C)C)OC(=O)CC/C=C/CCCCCC. The van der Waals surface area contributed by atoms with E-state index in [0.717, 1.165) is 83.5 Å². The van der Waals surface area contributed by atoms with Gasteiger partial charge in [-0.25, -0.2) is 4.79 Å². The highest BCUT2D eigenvalue weighted by atomic mass is 16.6. The molecule has 2 atom stereocenters. The van der Waals surface area contributed by atoms with Crippen LogP contribution in [0.25, 0.3) is 0 Å². The van der Waals surface area contributed by atoms with Gasteiger partial charge in [-0.15, -0.1) is 0 Å². The van der Waals surface area contributed by atoms with Gasteiger partial charge in [0.15, 0.2) is 12.1 Å². The molecule has 0 rings (SSSR count). The molecule has 8 nitrogen and oxygen atoms in total. The average Bonchev–Trinajstić information content (AvgIpc) is 3.14. The van der Waals surface area contributed by atoms with E-state index in [-0.39, 0.29) is 42.7 Å². The molecule has 0 amide bonds. The molecule has 0 aromatic heterocycles. The van der Waals surface area contributed by atoms with Crippen LogP contribution in [0.2, 0.25) is 0 Å². The zero-order valence-corrected chi connectivity index (χ0v) is 35.3. The Morgan fingerprint density at radius 1 is 0.564 bits per heavy atom. The summed E-state index contributed by atoms with van der Waals surface area (Å²) in [5, 5.41) is 9.58. The highest BCUT2D eigenvalue weighted by Gasteiger charge is 2.31. The standard InChI is InChI=1S/C47H77NO7/c1-6-8-10-12-14-16-17-18-19-20-21-22-23-24-25-26-27-28-29-30-32-33-35-37-45(49)54-42-43(41-53-40-39-44(47(51)52)48(3,4)5)55-46(50)38-36-34-31-15-13-11-9-7-2/h8,10,14,16,18-19,21-22,24-25,27-28,31,34,43-44H,6-7,9,11-13,15,17,20,23,26,29-30,32-33,35-42H2,1-5H3/p+1/b10-8+,16-14+,19-18+,22-21+,25-24+,28-27+,34-31+. The Bertz CT molecular complexity index is 1170. The Balaban J connectivity index is 4.32. The van der Waals surface area contributed by atoms with Crippen LogP contribution in [-0.4, -0.2) is 80.6 Å². The van der Waals surface area contributed by atoms with Gasteiger partial charge in [-0.05, 0) is 77.0 Å². The number of unbranched alkanes of at least 4 members (excludes halogenated alkanes) is 8. The second-order valence-electron chi connectivity index (χ2n) is 14.9. The third kappa shape index (κ3) is 35.9. The van der Waals surface area contributed by atoms with Crippen molar-refractivity contribution >= 4 is 17.9 Å². The smallest absolute Gasteiger partial charge is 0.362 e. The van der Waals surface area contributed by atoms with Crippen molar-refractivity contribution in [3.8, 4) is 0 Å². The number of esters is 2. The van der Waals surface area contributed by atoms with E-state index >= 15 is 0 Å². The Hall–Kier alpha value is -3.49. The van der Waals surface area contributed by atoms with Crippen molar-refractivity contribution in [2.24, 2.45) is 0 Å². The molecule has 55 heavy (non-hydrogen) atoms. The first-order valence-corrected chi connectivity index (χ1v) is 21.1. The van der Waals surface area contributed by atoms with E-state index in [1.54, 1.807) is 0 Å². The Morgan fingerprint density at radius 3 is 1.58 bits per heavy atom. The van der Waals surface area contributed by atoms with Gasteiger partial charge < -0.3 is 23.8 Å². The largest absolute Gasteiger partial charge is 0.477 e. The van der Waals surface area contributed by atoms with Crippen LogP contribution in [0.15, 0.2) is 85.1 Å². The maximum atomic E-state index is 12.6. The van der Waals surface area contributed by atoms with Gasteiger partial charge in [0.1, 0.15) is 6.61 Å². The number of likely N-dealkylation sites (N-methyl/N-ethyl adjacent to an activating group) is 1. The molecule has 0 aromatic rings. The molecule has 0 radical (unpaired) electrons. The second-order valence-corrected chi connectivity index (χ2v) is 14.9. The van der Waals surface area contributed by atoms with Crippen LogP contribution in [0.5, 0.6) is 0 Å². The van der Waals surface area contributed by atoms with Crippen LogP contribution in [0.3, 0.4) is 0 Å². The summed E-state index contributed by atoms with van der Waals surface area (Å²) in [5.41, 5.74) is 0. The highest BCUT2D eigenvalue weighted by Crippen LogP contribution is 2.11. The summed E-state index contributed by atoms with van der Waals surface area (Å²) < 4.78 is 17.1. The van der Waals surface area contributed by atoms with Crippen LogP contribution in [-0.2, 0) is 28.6 Å². The van der Waals surface area contributed by atoms with Crippen molar-refractivity contribution in [2.75, 3.05) is 41.0 Å². The molecule has 0 bridgehead atoms. The number of carboxylic acid groups (broad SMARTS) is 1. The van der Waals surface area contributed by atoms with Gasteiger partial charge in [0.2, 0.25) is 0 Å². The fourth-order valence-corrected chi connectivity index (χ4v) is 5.52. The molecule has 0 aliphatic carbocycles. The predicted octanol–water partition coefficient (Wildman–Crippen LogP) is 11.4. The Labute approximate surface area is 335 Å². The molecule has 0 fully saturated rings. The van der Waals surface area contributed by atoms with E-state index < -0.39 is 18.1 Å². The molecule has 0 heterocycles. The minimum atomic E-state index is -0.889. The first-order valence-electron chi connectivity index (χ1n) is 21.1. The number of allylic oxidation sites excluding steroid dienone is 14. The number of hydrogen-bond acceptors (Lipinski definition) is 6. The molecule has 0 saturated carbocycles. The van der Waals surface area contributed by atoms with Crippen molar-refractivity contribution in [2.45, 2.75) is 154 Å². The molecule has 0 aromatic carbocycles. The number of rotatable bonds is 36. The fraction of sp³-hybridized carbons (Fsp3) is 0.638. The van der Waals surface area contributed by atoms with E-state index in [0.29, 0.717) is 19.3 Å². The van der Waals surface area contributed by atoms with Gasteiger partial charge in [0.05, 0.1) is 34.4 Å². The quantitative estimate of drug-likeness (QED) is 0.0293. The van der Waals surface area contributed by atoms with Gasteiger partial charge >= 0.3 is 17.9 Å². The second kappa shape index (κ2) is 37.4. The lowest BCUT2D eigenvalue weighted by atomic mass is 10.1. The number of aliphatic carboxylic acids is 1. The lowest BCUT2D eigenvalue weighted by Gasteiger charge is -2.31. The lowest BCUT2D eigenvalue weighted by Crippen LogP contribution is -2.50. The van der Waals surface area contributed by atoms with Crippen LogP contribution in [0.4, 0.5) is 0 Å². The van der Waals surface area contributed by atoms with E-state index in [1.165, 1.54) is 19.3 Å². The van der Waals surface area contributed by atoms with Crippen LogP contribution in [0, 0.1) is 0 Å². The molecule has 0 spiro atoms. The van der Waals surface area contributed by atoms with E-state index in [1.807, 2.05) is 27.2 Å². The van der Waals surface area contributed by atoms with Crippen molar-refractivity contribution in [3.63, 3.8) is 0 Å². The fourth-order valence-electron chi connectivity index (χ4n) is 5.52. The number of hydrogen-bond donors (Lipinski definition) is 1. The summed E-state index contributed by atoms with van der Waals surface area (Å²) in [6.07, 6.45) is 48.0. The summed E-state index contributed by atoms with van der Waals surface area (Å²) in [6, 6.07) is -0.627. The molecule has 312 valence electrons. The molecule has 8 heteroatoms. The van der Waals surface area contributed by atoms with Gasteiger partial charge in [0, 0.05) is 19.3 Å². The number of ether oxygens (including phenoxy) is 3. The molecular weight excluding hydrogens is 691 g/mol. The molecular formula is C47H78NO7+. The predicted molar refractivity (Wildman–Crippen MR) is 229 cm³/mol. The maximum Gasteiger partial charge on any atom is 0.362 e. The summed E-state index contributed by atoms with van der Waals surface area (Å²) in [6.45, 7) is 4.48. The topological polar surface area (TPSA) is 99.1 Å². The van der Waals surface area contributed by atoms with Gasteiger partial charge in [-0.3, -0.25) is 9.59 Å². The van der Waals surface area contributed by atoms with Crippen molar-refractivity contribution in [3.05, 3.63) is 85.1 Å². The lowest BCUT2D eigenvalue weighted by molar-refractivity contribution is -0.887. The maximum absolute atomic E-state index is 12.6. The summed E-state index contributed by atoms with van der Waals surface area (Å²) in [5.74, 6) is -1.58. The monoisotopic (exact) mass is 769 g/mol. The first-order chi connectivity index (χ1) is 26.6. The normalized spacial score (nSPS) is 13.8. The van der Waals surface area contributed by atoms with Crippen molar-refractivity contribution in [1.29, 1.82) is 0 Å². The van der Waals surface area contributed by atoms with Gasteiger partial charge in [-0.1, -0.05) is 131 Å². The molecule has 0 aliphatic rings. The molecule has 2 unspecified atom stereocenters. The van der Waals surface area contributed by atoms with E-state index in [4.69, 9.17) is 14.2 Å². The Morgan fingerprint density at radius 2 is 1.05 bits per heavy atom. The highest BCUT2D eigenvalue weighted by molar-refractivity contribution is 5.72. The summed E-state index contributed by atoms with van der Waals surface area (Å²) in [7, 11) is 5.49. The minimum Gasteiger partial charge on any atom is -0.477 e. The van der Waals surface area contributed by atoms with Crippen LogP contribution < -0.4 is 0 Å². The molecule has 0 saturated heterocycles. The minimum absolute atomic E-state index is 0.0321. The van der Waals surface area contributed by atoms with E-state index in [9.17, 15) is 19.5 Å². The Kier molecular flexibility index (Phi) is 35.1. The number of carboxylic acids is 1. The third-order valence-electron chi connectivity index (χ3n) is 8.79. The number of quaternary nitrogens is 1. The number of carbonyl (C=O) groups excluding carboxylic acids is 2. The summed E-state index contributed by atoms with van der Waals surface area (Å²) in [4.78, 5) is 36.7. The van der Waals surface area contributed by atoms with Gasteiger partial charge in [-0.2, -0.15) is 0 Å². The van der Waals surface area contributed by atoms with Crippen molar-refractivity contribution < 1.29 is 38.2 Å². The van der Waals surface area contributed by atoms with Crippen LogP contribution >= 0.6 is 0 Å². The van der Waals surface area contributed by atoms with E-state index in [2.05, 4.69) is 92.8 Å². The molecule has 0 aliphatic heterocycles. The zero-order chi connectivity index (χ0) is 40.7. The molecule has 1 N–H and O–H groups in total. The number of carbonyl (C=O) groups is 3. The first kappa shape index (κ1) is 51.5.